The van der Waals surface area contributed by atoms with Crippen molar-refractivity contribution in [1.29, 1.82) is 0 Å². The molecule has 4 aromatic rings. The van der Waals surface area contributed by atoms with Gasteiger partial charge in [-0.1, -0.05) is 17.7 Å². The minimum absolute atomic E-state index is 0.0597. The van der Waals surface area contributed by atoms with Gasteiger partial charge in [0.15, 0.2) is 11.4 Å². The van der Waals surface area contributed by atoms with Gasteiger partial charge in [-0.25, -0.2) is 9.31 Å². The van der Waals surface area contributed by atoms with Gasteiger partial charge in [0, 0.05) is 22.8 Å². The van der Waals surface area contributed by atoms with Gasteiger partial charge in [-0.2, -0.15) is 5.10 Å². The summed E-state index contributed by atoms with van der Waals surface area (Å²) < 4.78 is 11.3. The second-order valence-corrected chi connectivity index (χ2v) is 6.53. The molecule has 30 heavy (non-hydrogen) atoms. The number of halogens is 1. The van der Waals surface area contributed by atoms with Crippen LogP contribution in [0.25, 0.3) is 16.9 Å². The van der Waals surface area contributed by atoms with Gasteiger partial charge in [0.25, 0.3) is 5.91 Å². The number of hydrogen-bond donors (Lipinski definition) is 1. The molecule has 10 heteroatoms. The van der Waals surface area contributed by atoms with Crippen LogP contribution in [0.1, 0.15) is 10.5 Å². The van der Waals surface area contributed by atoms with Crippen LogP contribution in [-0.2, 0) is 0 Å². The largest absolute Gasteiger partial charge is 0.497 e. The summed E-state index contributed by atoms with van der Waals surface area (Å²) in [7, 11) is 1.56. The summed E-state index contributed by atoms with van der Waals surface area (Å²) in [5.41, 5.74) is 0.676. The fourth-order valence-corrected chi connectivity index (χ4v) is 2.89. The summed E-state index contributed by atoms with van der Waals surface area (Å²) in [5.74, 6) is -0.0257. The molecule has 2 heterocycles. The number of nitrogens with one attached hydrogen (secondary N) is 1. The molecule has 0 atom stereocenters. The van der Waals surface area contributed by atoms with Crippen LogP contribution < -0.4 is 15.5 Å². The first-order valence-corrected chi connectivity index (χ1v) is 9.07. The predicted molar refractivity (Wildman–Crippen MR) is 109 cm³/mol. The van der Waals surface area contributed by atoms with E-state index in [1.165, 1.54) is 16.9 Å². The summed E-state index contributed by atoms with van der Waals surface area (Å²) in [6.07, 6.45) is 1.45. The van der Waals surface area contributed by atoms with Gasteiger partial charge in [-0.15, -0.1) is 0 Å². The smallest absolute Gasteiger partial charge is 0.281 e. The van der Waals surface area contributed by atoms with Gasteiger partial charge in [0.05, 0.1) is 12.8 Å². The third-order valence-electron chi connectivity index (χ3n) is 4.18. The van der Waals surface area contributed by atoms with Gasteiger partial charge < -0.3 is 10.1 Å². The van der Waals surface area contributed by atoms with Crippen LogP contribution in [0.5, 0.6) is 5.75 Å². The van der Waals surface area contributed by atoms with E-state index in [-0.39, 0.29) is 11.5 Å². The van der Waals surface area contributed by atoms with Crippen molar-refractivity contribution < 1.29 is 14.2 Å². The summed E-state index contributed by atoms with van der Waals surface area (Å²) in [6, 6.07) is 15.0. The quantitative estimate of drug-likeness (QED) is 0.524. The number of benzene rings is 2. The summed E-state index contributed by atoms with van der Waals surface area (Å²) in [5, 5.41) is 14.7. The molecule has 0 unspecified atom stereocenters. The zero-order valence-corrected chi connectivity index (χ0v) is 16.3. The lowest BCUT2D eigenvalue weighted by atomic mass is 10.1. The summed E-state index contributed by atoms with van der Waals surface area (Å²) >= 11 is 6.00. The van der Waals surface area contributed by atoms with Crippen LogP contribution in [0.15, 0.2) is 70.2 Å². The molecular weight excluding hydrogens is 410 g/mol. The molecule has 0 bridgehead atoms. The lowest BCUT2D eigenvalue weighted by Crippen LogP contribution is -2.25. The molecule has 0 aliphatic heterocycles. The fourth-order valence-electron chi connectivity index (χ4n) is 2.70. The second-order valence-electron chi connectivity index (χ2n) is 6.10. The van der Waals surface area contributed by atoms with E-state index in [0.717, 1.165) is 0 Å². The number of anilines is 1. The number of hydrogen-bond acceptors (Lipinski definition) is 7. The number of nitrogens with zero attached hydrogens (tertiary/aromatic N) is 4. The van der Waals surface area contributed by atoms with Crippen LogP contribution in [-0.4, -0.2) is 33.1 Å². The normalized spacial score (nSPS) is 10.6. The molecular formula is C20H14ClN5O4. The second kappa shape index (κ2) is 8.18. The Kier molecular flexibility index (Phi) is 5.27. The molecule has 4 rings (SSSR count). The molecule has 150 valence electrons. The molecule has 1 amide bonds. The molecule has 0 saturated carbocycles. The van der Waals surface area contributed by atoms with Gasteiger partial charge in [-0.05, 0) is 52.8 Å². The lowest BCUT2D eigenvalue weighted by molar-refractivity contribution is 0.101. The van der Waals surface area contributed by atoms with E-state index in [4.69, 9.17) is 21.0 Å². The third-order valence-corrected chi connectivity index (χ3v) is 4.42. The Labute approximate surface area is 174 Å². The first-order valence-electron chi connectivity index (χ1n) is 8.69. The number of ether oxygens (including phenoxy) is 1. The van der Waals surface area contributed by atoms with E-state index in [1.807, 2.05) is 0 Å². The highest BCUT2D eigenvalue weighted by atomic mass is 35.5. The molecule has 9 nitrogen and oxygen atoms in total. The maximum Gasteiger partial charge on any atom is 0.281 e. The molecule has 0 aliphatic rings. The van der Waals surface area contributed by atoms with E-state index in [2.05, 4.69) is 20.7 Å². The maximum absolute atomic E-state index is 12.7. The van der Waals surface area contributed by atoms with Crippen molar-refractivity contribution in [2.75, 3.05) is 12.4 Å². The van der Waals surface area contributed by atoms with E-state index in [9.17, 15) is 9.59 Å². The molecule has 0 fully saturated rings. The number of carbonyl (C=O) groups is 1. The molecule has 0 radical (unpaired) electrons. The van der Waals surface area contributed by atoms with Crippen molar-refractivity contribution in [3.05, 3.63) is 81.7 Å². The summed E-state index contributed by atoms with van der Waals surface area (Å²) in [6.45, 7) is 0. The monoisotopic (exact) mass is 423 g/mol. The number of rotatable bonds is 5. The molecule has 1 N–H and O–H groups in total. The average Bonchev–Trinajstić information content (AvgIpc) is 3.22. The Bertz CT molecular complexity index is 1270. The maximum atomic E-state index is 12.7. The highest BCUT2D eigenvalue weighted by Gasteiger charge is 2.19. The highest BCUT2D eigenvalue weighted by Crippen LogP contribution is 2.26. The SMILES string of the molecule is COc1ccc(-c2nonc2NC(=O)c2nn(-c3cccc(Cl)c3)ccc2=O)cc1. The zero-order valence-electron chi connectivity index (χ0n) is 15.6. The van der Waals surface area contributed by atoms with Crippen LogP contribution in [0.2, 0.25) is 5.02 Å². The average molecular weight is 424 g/mol. The van der Waals surface area contributed by atoms with Crippen LogP contribution in [0.4, 0.5) is 5.82 Å². The van der Waals surface area contributed by atoms with Crippen molar-refractivity contribution in [3.8, 4) is 22.7 Å². The molecule has 0 aliphatic carbocycles. The van der Waals surface area contributed by atoms with E-state index in [1.54, 1.807) is 55.6 Å². The minimum atomic E-state index is -0.748. The number of carbonyl (C=O) groups excluding carboxylic acids is 1. The van der Waals surface area contributed by atoms with E-state index in [0.29, 0.717) is 27.7 Å². The number of aromatic nitrogens is 4. The van der Waals surface area contributed by atoms with Crippen LogP contribution in [0, 0.1) is 0 Å². The van der Waals surface area contributed by atoms with Crippen LogP contribution in [0.3, 0.4) is 0 Å². The molecule has 2 aromatic heterocycles. The van der Waals surface area contributed by atoms with Crippen molar-refractivity contribution in [3.63, 3.8) is 0 Å². The first-order chi connectivity index (χ1) is 14.5. The topological polar surface area (TPSA) is 112 Å². The third kappa shape index (κ3) is 3.91. The Balaban J connectivity index is 1.63. The Morgan fingerprint density at radius 3 is 2.67 bits per heavy atom. The van der Waals surface area contributed by atoms with Crippen molar-refractivity contribution in [2.45, 2.75) is 0 Å². The Morgan fingerprint density at radius 2 is 1.93 bits per heavy atom. The van der Waals surface area contributed by atoms with Crippen molar-refractivity contribution in [1.82, 2.24) is 20.1 Å². The van der Waals surface area contributed by atoms with Crippen LogP contribution >= 0.6 is 11.6 Å². The fraction of sp³-hybridized carbons (Fsp3) is 0.0500. The van der Waals surface area contributed by atoms with Gasteiger partial charge >= 0.3 is 0 Å². The standard InChI is InChI=1S/C20H14ClN5O4/c1-29-15-7-5-12(6-8-15)17-19(25-30-24-17)22-20(28)18-16(27)9-10-26(23-18)14-4-2-3-13(21)11-14/h2-11H,1H3,(H,22,25,28). The van der Waals surface area contributed by atoms with Gasteiger partial charge in [-0.3, -0.25) is 9.59 Å². The van der Waals surface area contributed by atoms with Gasteiger partial charge in [0.2, 0.25) is 11.2 Å². The molecule has 0 spiro atoms. The van der Waals surface area contributed by atoms with Crippen molar-refractivity contribution in [2.24, 2.45) is 0 Å². The molecule has 0 saturated heterocycles. The Morgan fingerprint density at radius 1 is 1.13 bits per heavy atom. The zero-order chi connectivity index (χ0) is 21.1. The van der Waals surface area contributed by atoms with E-state index < -0.39 is 11.3 Å². The summed E-state index contributed by atoms with van der Waals surface area (Å²) in [4.78, 5) is 25.0. The van der Waals surface area contributed by atoms with E-state index >= 15 is 0 Å². The first kappa shape index (κ1) is 19.3. The number of amides is 1. The molecule has 2 aromatic carbocycles. The minimum Gasteiger partial charge on any atom is -0.497 e. The lowest BCUT2D eigenvalue weighted by Gasteiger charge is -2.08. The highest BCUT2D eigenvalue weighted by molar-refractivity contribution is 6.30. The van der Waals surface area contributed by atoms with Gasteiger partial charge in [0.1, 0.15) is 5.75 Å². The predicted octanol–water partition coefficient (Wildman–Crippen LogP) is 3.20. The van der Waals surface area contributed by atoms with Crippen molar-refractivity contribution >= 4 is 23.3 Å². The Hall–Kier alpha value is -3.98. The number of methoxy groups -OCH3 is 1.